The molecule has 0 saturated heterocycles. The van der Waals surface area contributed by atoms with E-state index in [0.717, 1.165) is 12.8 Å². The van der Waals surface area contributed by atoms with Crippen LogP contribution in [0.1, 0.15) is 25.7 Å². The summed E-state index contributed by atoms with van der Waals surface area (Å²) in [5, 5.41) is 0. The molecule has 3 nitrogen and oxygen atoms in total. The van der Waals surface area contributed by atoms with Crippen molar-refractivity contribution in [3.05, 3.63) is 11.8 Å². The van der Waals surface area contributed by atoms with Crippen LogP contribution in [0.25, 0.3) is 0 Å². The Labute approximate surface area is 72.6 Å². The summed E-state index contributed by atoms with van der Waals surface area (Å²) in [5.41, 5.74) is 6.40. The monoisotopic (exact) mass is 169 g/mol. The number of allylic oxidation sites excluding steroid dienone is 1. The molecular weight excluding hydrogens is 154 g/mol. The zero-order valence-corrected chi connectivity index (χ0v) is 7.38. The minimum Gasteiger partial charge on any atom is -0.466 e. The molecule has 0 aromatic heterocycles. The molecule has 2 N–H and O–H groups in total. The molecule has 0 spiro atoms. The minimum atomic E-state index is -0.348. The normalized spacial score (nSPS) is 19.6. The smallest absolute Gasteiger partial charge is 0.332 e. The molecule has 1 aliphatic carbocycles. The average molecular weight is 169 g/mol. The molecule has 68 valence electrons. The van der Waals surface area contributed by atoms with Gasteiger partial charge in [-0.05, 0) is 18.8 Å². The van der Waals surface area contributed by atoms with E-state index < -0.39 is 0 Å². The number of ether oxygens (including phenoxy) is 1. The molecule has 0 amide bonds. The van der Waals surface area contributed by atoms with E-state index in [0.29, 0.717) is 11.6 Å². The first-order valence-corrected chi connectivity index (χ1v) is 4.29. The van der Waals surface area contributed by atoms with Gasteiger partial charge in [0, 0.05) is 11.8 Å². The van der Waals surface area contributed by atoms with Gasteiger partial charge in [0.05, 0.1) is 7.11 Å². The summed E-state index contributed by atoms with van der Waals surface area (Å²) in [7, 11) is 1.36. The van der Waals surface area contributed by atoms with Crippen LogP contribution in [0.5, 0.6) is 0 Å². The van der Waals surface area contributed by atoms with Crippen LogP contribution in [0.4, 0.5) is 0 Å². The Balaban J connectivity index is 2.49. The SMILES string of the molecule is COC(=O)/C=C(\N)C1CCCC1. The lowest BCUT2D eigenvalue weighted by Crippen LogP contribution is -2.11. The summed E-state index contributed by atoms with van der Waals surface area (Å²) in [4.78, 5) is 10.8. The zero-order chi connectivity index (χ0) is 8.97. The quantitative estimate of drug-likeness (QED) is 0.499. The maximum Gasteiger partial charge on any atom is 0.332 e. The molecule has 3 heteroatoms. The highest BCUT2D eigenvalue weighted by atomic mass is 16.5. The van der Waals surface area contributed by atoms with Gasteiger partial charge in [-0.15, -0.1) is 0 Å². The first-order valence-electron chi connectivity index (χ1n) is 4.29. The second kappa shape index (κ2) is 4.14. The molecule has 1 saturated carbocycles. The van der Waals surface area contributed by atoms with Crippen LogP contribution in [0.2, 0.25) is 0 Å². The molecule has 1 rings (SSSR count). The standard InChI is InChI=1S/C9H15NO2/c1-12-9(11)6-8(10)7-4-2-3-5-7/h6-7H,2-5,10H2,1H3/b8-6-. The fourth-order valence-electron chi connectivity index (χ4n) is 1.57. The Morgan fingerprint density at radius 1 is 1.50 bits per heavy atom. The molecule has 0 aromatic carbocycles. The Hall–Kier alpha value is -0.990. The Kier molecular flexibility index (Phi) is 3.14. The summed E-state index contributed by atoms with van der Waals surface area (Å²) in [5.74, 6) is 0.0588. The van der Waals surface area contributed by atoms with Crippen LogP contribution in [0.15, 0.2) is 11.8 Å². The molecular formula is C9H15NO2. The molecule has 1 fully saturated rings. The van der Waals surface area contributed by atoms with Crippen molar-refractivity contribution in [3.63, 3.8) is 0 Å². The number of methoxy groups -OCH3 is 1. The molecule has 0 bridgehead atoms. The fraction of sp³-hybridized carbons (Fsp3) is 0.667. The lowest BCUT2D eigenvalue weighted by atomic mass is 10.0. The van der Waals surface area contributed by atoms with Gasteiger partial charge >= 0.3 is 5.97 Å². The van der Waals surface area contributed by atoms with E-state index in [1.54, 1.807) is 0 Å². The molecule has 12 heavy (non-hydrogen) atoms. The van der Waals surface area contributed by atoms with Crippen LogP contribution in [0.3, 0.4) is 0 Å². The number of carbonyl (C=O) groups excluding carboxylic acids is 1. The van der Waals surface area contributed by atoms with Gasteiger partial charge < -0.3 is 10.5 Å². The summed E-state index contributed by atoms with van der Waals surface area (Å²) in [6.45, 7) is 0. The topological polar surface area (TPSA) is 52.3 Å². The lowest BCUT2D eigenvalue weighted by molar-refractivity contribution is -0.134. The Bertz CT molecular complexity index is 193. The third kappa shape index (κ3) is 2.26. The fourth-order valence-corrected chi connectivity index (χ4v) is 1.57. The van der Waals surface area contributed by atoms with Crippen molar-refractivity contribution in [1.82, 2.24) is 0 Å². The maximum atomic E-state index is 10.8. The third-order valence-corrected chi connectivity index (χ3v) is 2.31. The molecule has 0 heterocycles. The number of carbonyl (C=O) groups is 1. The predicted molar refractivity (Wildman–Crippen MR) is 46.2 cm³/mol. The van der Waals surface area contributed by atoms with Gasteiger partial charge in [0.2, 0.25) is 0 Å². The van der Waals surface area contributed by atoms with Gasteiger partial charge in [0.15, 0.2) is 0 Å². The highest BCUT2D eigenvalue weighted by molar-refractivity contribution is 5.82. The van der Waals surface area contributed by atoms with E-state index in [9.17, 15) is 4.79 Å². The largest absolute Gasteiger partial charge is 0.466 e. The van der Waals surface area contributed by atoms with E-state index in [1.165, 1.54) is 26.0 Å². The van der Waals surface area contributed by atoms with Crippen LogP contribution in [-0.4, -0.2) is 13.1 Å². The van der Waals surface area contributed by atoms with Crippen LogP contribution >= 0.6 is 0 Å². The number of hydrogen-bond acceptors (Lipinski definition) is 3. The first-order chi connectivity index (χ1) is 5.74. The number of rotatable bonds is 2. The van der Waals surface area contributed by atoms with Crippen molar-refractivity contribution in [1.29, 1.82) is 0 Å². The minimum absolute atomic E-state index is 0.348. The van der Waals surface area contributed by atoms with Crippen molar-refractivity contribution < 1.29 is 9.53 Å². The molecule has 0 aliphatic heterocycles. The van der Waals surface area contributed by atoms with Crippen molar-refractivity contribution >= 4 is 5.97 Å². The van der Waals surface area contributed by atoms with Gasteiger partial charge in [0.1, 0.15) is 0 Å². The molecule has 0 aromatic rings. The zero-order valence-electron chi connectivity index (χ0n) is 7.38. The molecule has 0 radical (unpaired) electrons. The average Bonchev–Trinajstić information content (AvgIpc) is 2.56. The summed E-state index contributed by atoms with van der Waals surface area (Å²) in [6, 6.07) is 0. The summed E-state index contributed by atoms with van der Waals surface area (Å²) in [6.07, 6.45) is 6.06. The first kappa shape index (κ1) is 9.10. The maximum absolute atomic E-state index is 10.8. The number of hydrogen-bond donors (Lipinski definition) is 1. The van der Waals surface area contributed by atoms with Gasteiger partial charge in [-0.2, -0.15) is 0 Å². The lowest BCUT2D eigenvalue weighted by Gasteiger charge is -2.07. The van der Waals surface area contributed by atoms with Gasteiger partial charge in [0.25, 0.3) is 0 Å². The van der Waals surface area contributed by atoms with Crippen molar-refractivity contribution in [2.75, 3.05) is 7.11 Å². The highest BCUT2D eigenvalue weighted by Gasteiger charge is 2.17. The highest BCUT2D eigenvalue weighted by Crippen LogP contribution is 2.28. The Morgan fingerprint density at radius 2 is 2.08 bits per heavy atom. The van der Waals surface area contributed by atoms with Crippen molar-refractivity contribution in [2.24, 2.45) is 11.7 Å². The molecule has 0 atom stereocenters. The van der Waals surface area contributed by atoms with E-state index in [2.05, 4.69) is 4.74 Å². The van der Waals surface area contributed by atoms with Crippen molar-refractivity contribution in [3.8, 4) is 0 Å². The van der Waals surface area contributed by atoms with Crippen molar-refractivity contribution in [2.45, 2.75) is 25.7 Å². The van der Waals surface area contributed by atoms with Crippen LogP contribution in [-0.2, 0) is 9.53 Å². The number of nitrogens with two attached hydrogens (primary N) is 1. The summed E-state index contributed by atoms with van der Waals surface area (Å²) < 4.78 is 4.49. The molecule has 0 unspecified atom stereocenters. The van der Waals surface area contributed by atoms with E-state index >= 15 is 0 Å². The van der Waals surface area contributed by atoms with Crippen LogP contribution < -0.4 is 5.73 Å². The van der Waals surface area contributed by atoms with E-state index in [1.807, 2.05) is 0 Å². The van der Waals surface area contributed by atoms with E-state index in [4.69, 9.17) is 5.73 Å². The molecule has 1 aliphatic rings. The third-order valence-electron chi connectivity index (χ3n) is 2.31. The number of esters is 1. The predicted octanol–water partition coefficient (Wildman–Crippen LogP) is 1.19. The van der Waals surface area contributed by atoms with Gasteiger partial charge in [-0.3, -0.25) is 0 Å². The van der Waals surface area contributed by atoms with Gasteiger partial charge in [-0.25, -0.2) is 4.79 Å². The second-order valence-corrected chi connectivity index (χ2v) is 3.15. The van der Waals surface area contributed by atoms with E-state index in [-0.39, 0.29) is 5.97 Å². The Morgan fingerprint density at radius 3 is 2.58 bits per heavy atom. The van der Waals surface area contributed by atoms with Crippen LogP contribution in [0, 0.1) is 5.92 Å². The summed E-state index contributed by atoms with van der Waals surface area (Å²) >= 11 is 0. The second-order valence-electron chi connectivity index (χ2n) is 3.15. The van der Waals surface area contributed by atoms with Gasteiger partial charge in [-0.1, -0.05) is 12.8 Å².